The molecule has 3 rings (SSSR count). The zero-order valence-corrected chi connectivity index (χ0v) is 15.5. The molecule has 140 valence electrons. The van der Waals surface area contributed by atoms with Gasteiger partial charge in [-0.2, -0.15) is 0 Å². The van der Waals surface area contributed by atoms with E-state index in [1.165, 1.54) is 12.1 Å². The number of nitrogen functional groups attached to an aromatic ring is 1. The quantitative estimate of drug-likeness (QED) is 0.494. The Balaban J connectivity index is 1.76. The third-order valence-electron chi connectivity index (χ3n) is 4.37. The number of phenolic OH excluding ortho intramolecular Hbond substituents is 3. The Labute approximate surface area is 161 Å². The molecule has 7 heteroatoms. The number of phenols is 3. The van der Waals surface area contributed by atoms with Crippen LogP contribution in [0.1, 0.15) is 23.2 Å². The van der Waals surface area contributed by atoms with Gasteiger partial charge in [0.25, 0.3) is 0 Å². The average Bonchev–Trinajstić information content (AvgIpc) is 2.61. The van der Waals surface area contributed by atoms with E-state index in [4.69, 9.17) is 17.3 Å². The molecule has 0 aliphatic carbocycles. The van der Waals surface area contributed by atoms with Crippen LogP contribution in [-0.4, -0.2) is 25.3 Å². The number of aromatic nitrogens is 2. The number of halogens is 1. The molecule has 3 aromatic rings. The molecule has 0 radical (unpaired) electrons. The number of nitrogens with zero attached hydrogens (tertiary/aromatic N) is 2. The molecule has 5 N–H and O–H groups in total. The van der Waals surface area contributed by atoms with Crippen molar-refractivity contribution in [3.63, 3.8) is 0 Å². The molecule has 0 aliphatic heterocycles. The van der Waals surface area contributed by atoms with E-state index in [0.29, 0.717) is 24.3 Å². The molecule has 1 heterocycles. The Kier molecular flexibility index (Phi) is 5.37. The van der Waals surface area contributed by atoms with Gasteiger partial charge in [-0.1, -0.05) is 23.7 Å². The van der Waals surface area contributed by atoms with Crippen molar-refractivity contribution in [3.8, 4) is 28.5 Å². The number of benzene rings is 2. The fourth-order valence-electron chi connectivity index (χ4n) is 2.95. The number of aryl methyl sites for hydroxylation is 2. The number of hydrogen-bond donors (Lipinski definition) is 4. The highest BCUT2D eigenvalue weighted by atomic mass is 35.5. The Hall–Kier alpha value is -2.99. The zero-order valence-electron chi connectivity index (χ0n) is 14.8. The molecule has 2 aromatic carbocycles. The van der Waals surface area contributed by atoms with E-state index in [0.717, 1.165) is 28.1 Å². The lowest BCUT2D eigenvalue weighted by Gasteiger charge is -2.10. The lowest BCUT2D eigenvalue weighted by atomic mass is 10.0. The second-order valence-corrected chi connectivity index (χ2v) is 6.76. The highest BCUT2D eigenvalue weighted by Gasteiger charge is 2.11. The van der Waals surface area contributed by atoms with Crippen LogP contribution in [0.4, 0.5) is 5.95 Å². The van der Waals surface area contributed by atoms with Crippen molar-refractivity contribution in [2.45, 2.75) is 26.2 Å². The summed E-state index contributed by atoms with van der Waals surface area (Å²) >= 11 is 6.20. The predicted molar refractivity (Wildman–Crippen MR) is 105 cm³/mol. The summed E-state index contributed by atoms with van der Waals surface area (Å²) in [6, 6.07) is 10.4. The average molecular weight is 386 g/mol. The first kappa shape index (κ1) is 18.8. The maximum Gasteiger partial charge on any atom is 0.220 e. The molecule has 0 saturated heterocycles. The third kappa shape index (κ3) is 4.23. The van der Waals surface area contributed by atoms with Crippen LogP contribution in [-0.2, 0) is 12.8 Å². The van der Waals surface area contributed by atoms with E-state index in [9.17, 15) is 15.3 Å². The summed E-state index contributed by atoms with van der Waals surface area (Å²) in [6.07, 6.45) is 1.95. The van der Waals surface area contributed by atoms with Crippen molar-refractivity contribution >= 4 is 17.5 Å². The van der Waals surface area contributed by atoms with Crippen LogP contribution < -0.4 is 5.73 Å². The highest BCUT2D eigenvalue weighted by Crippen LogP contribution is 2.35. The second-order valence-electron chi connectivity index (χ2n) is 6.35. The van der Waals surface area contributed by atoms with E-state index >= 15 is 0 Å². The Morgan fingerprint density at radius 1 is 1.00 bits per heavy atom. The zero-order chi connectivity index (χ0) is 19.6. The first-order chi connectivity index (χ1) is 12.8. The van der Waals surface area contributed by atoms with E-state index in [2.05, 4.69) is 9.97 Å². The minimum atomic E-state index is -0.510. The molecular formula is C20H20ClN3O3. The van der Waals surface area contributed by atoms with Crippen LogP contribution in [0.2, 0.25) is 5.02 Å². The fraction of sp³-hybridized carbons (Fsp3) is 0.200. The molecule has 0 atom stereocenters. The smallest absolute Gasteiger partial charge is 0.220 e. The van der Waals surface area contributed by atoms with Crippen LogP contribution in [0, 0.1) is 6.92 Å². The molecule has 1 aromatic heterocycles. The molecule has 0 amide bonds. The molecule has 0 spiro atoms. The van der Waals surface area contributed by atoms with Gasteiger partial charge in [-0.25, -0.2) is 9.97 Å². The first-order valence-corrected chi connectivity index (χ1v) is 8.85. The standard InChI is InChI=1S/C20H20ClN3O3/c1-11-14(6-3-7-15(11)21)16-10-13(23-20(22)24-16)5-2-4-12-8-17(25)19(27)18(26)9-12/h3,6-10,25-27H,2,4-5H2,1H3,(H2,22,23,24). The van der Waals surface area contributed by atoms with Gasteiger partial charge in [0.05, 0.1) is 5.69 Å². The summed E-state index contributed by atoms with van der Waals surface area (Å²) in [7, 11) is 0. The van der Waals surface area contributed by atoms with Gasteiger partial charge in [0.1, 0.15) is 0 Å². The van der Waals surface area contributed by atoms with Crippen molar-refractivity contribution in [1.29, 1.82) is 0 Å². The van der Waals surface area contributed by atoms with Gasteiger partial charge in [-0.15, -0.1) is 0 Å². The number of nitrogens with two attached hydrogens (primary N) is 1. The lowest BCUT2D eigenvalue weighted by molar-refractivity contribution is 0.367. The number of hydrogen-bond acceptors (Lipinski definition) is 6. The van der Waals surface area contributed by atoms with Crippen LogP contribution in [0.5, 0.6) is 17.2 Å². The third-order valence-corrected chi connectivity index (χ3v) is 4.78. The van der Waals surface area contributed by atoms with Gasteiger partial charge in [0.2, 0.25) is 5.95 Å². The van der Waals surface area contributed by atoms with Crippen LogP contribution >= 0.6 is 11.6 Å². The summed E-state index contributed by atoms with van der Waals surface area (Å²) < 4.78 is 0. The van der Waals surface area contributed by atoms with E-state index in [-0.39, 0.29) is 17.4 Å². The molecule has 27 heavy (non-hydrogen) atoms. The SMILES string of the molecule is Cc1c(Cl)cccc1-c1cc(CCCc2cc(O)c(O)c(O)c2)nc(N)n1. The summed E-state index contributed by atoms with van der Waals surface area (Å²) in [5, 5.41) is 29.2. The normalized spacial score (nSPS) is 10.9. The highest BCUT2D eigenvalue weighted by molar-refractivity contribution is 6.31. The summed E-state index contributed by atoms with van der Waals surface area (Å²) in [4.78, 5) is 8.61. The van der Waals surface area contributed by atoms with Gasteiger partial charge >= 0.3 is 0 Å². The summed E-state index contributed by atoms with van der Waals surface area (Å²) in [5.41, 5.74) is 9.95. The van der Waals surface area contributed by atoms with Crippen LogP contribution in [0.3, 0.4) is 0 Å². The van der Waals surface area contributed by atoms with Crippen molar-refractivity contribution in [1.82, 2.24) is 9.97 Å². The Bertz CT molecular complexity index is 969. The monoisotopic (exact) mass is 385 g/mol. The molecular weight excluding hydrogens is 366 g/mol. The van der Waals surface area contributed by atoms with Gasteiger partial charge in [-0.3, -0.25) is 0 Å². The van der Waals surface area contributed by atoms with Crippen molar-refractivity contribution in [2.75, 3.05) is 5.73 Å². The molecule has 0 saturated carbocycles. The van der Waals surface area contributed by atoms with Crippen molar-refractivity contribution in [3.05, 3.63) is 58.2 Å². The van der Waals surface area contributed by atoms with E-state index in [1.807, 2.05) is 31.2 Å². The number of anilines is 1. The van der Waals surface area contributed by atoms with E-state index in [1.54, 1.807) is 0 Å². The number of rotatable bonds is 5. The van der Waals surface area contributed by atoms with Crippen LogP contribution in [0.15, 0.2) is 36.4 Å². The molecule has 0 unspecified atom stereocenters. The Morgan fingerprint density at radius 3 is 2.41 bits per heavy atom. The lowest BCUT2D eigenvalue weighted by Crippen LogP contribution is -2.02. The predicted octanol–water partition coefficient (Wildman–Crippen LogP) is 3.98. The Morgan fingerprint density at radius 2 is 1.70 bits per heavy atom. The van der Waals surface area contributed by atoms with E-state index < -0.39 is 5.75 Å². The molecule has 0 fully saturated rings. The molecule has 6 nitrogen and oxygen atoms in total. The summed E-state index contributed by atoms with van der Waals surface area (Å²) in [6.45, 7) is 1.93. The minimum Gasteiger partial charge on any atom is -0.504 e. The first-order valence-electron chi connectivity index (χ1n) is 8.48. The van der Waals surface area contributed by atoms with Gasteiger partial charge in [0, 0.05) is 16.3 Å². The fourth-order valence-corrected chi connectivity index (χ4v) is 3.12. The number of aromatic hydroxyl groups is 3. The maximum atomic E-state index is 9.59. The molecule has 0 bridgehead atoms. The second kappa shape index (κ2) is 7.72. The van der Waals surface area contributed by atoms with Gasteiger partial charge in [-0.05, 0) is 61.6 Å². The summed E-state index contributed by atoms with van der Waals surface area (Å²) in [5.74, 6) is -0.990. The van der Waals surface area contributed by atoms with Gasteiger partial charge < -0.3 is 21.1 Å². The van der Waals surface area contributed by atoms with Gasteiger partial charge in [0.15, 0.2) is 17.2 Å². The topological polar surface area (TPSA) is 112 Å². The molecule has 0 aliphatic rings. The minimum absolute atomic E-state index is 0.196. The maximum absolute atomic E-state index is 9.59. The van der Waals surface area contributed by atoms with Crippen molar-refractivity contribution in [2.24, 2.45) is 0 Å². The largest absolute Gasteiger partial charge is 0.504 e. The van der Waals surface area contributed by atoms with Crippen molar-refractivity contribution < 1.29 is 15.3 Å². The van der Waals surface area contributed by atoms with Crippen LogP contribution in [0.25, 0.3) is 11.3 Å².